The molecule has 0 aliphatic rings. The van der Waals surface area contributed by atoms with Crippen LogP contribution in [0.5, 0.6) is 0 Å². The number of benzene rings is 1. The fraction of sp³-hybridized carbons (Fsp3) is 0.235. The molecule has 0 fully saturated rings. The fourth-order valence-corrected chi connectivity index (χ4v) is 3.15. The maximum Gasteiger partial charge on any atom is 0.131 e. The number of nitrogens with zero attached hydrogens (tertiary/aromatic N) is 2. The van der Waals surface area contributed by atoms with Crippen molar-refractivity contribution in [3.05, 3.63) is 76.0 Å². The molecule has 2 aromatic heterocycles. The van der Waals surface area contributed by atoms with Gasteiger partial charge in [0.2, 0.25) is 0 Å². The summed E-state index contributed by atoms with van der Waals surface area (Å²) in [6.45, 7) is 2.94. The van der Waals surface area contributed by atoms with Crippen molar-refractivity contribution in [3.63, 3.8) is 0 Å². The van der Waals surface area contributed by atoms with Crippen LogP contribution < -0.4 is 5.32 Å². The molecule has 0 radical (unpaired) electrons. The predicted molar refractivity (Wildman–Crippen MR) is 87.4 cm³/mol. The summed E-state index contributed by atoms with van der Waals surface area (Å²) < 4.78 is 2.08. The van der Waals surface area contributed by atoms with E-state index in [1.54, 1.807) is 11.3 Å². The summed E-state index contributed by atoms with van der Waals surface area (Å²) in [6, 6.07) is 13.0. The zero-order chi connectivity index (χ0) is 14.7. The number of rotatable bonds is 5. The number of thiophene rings is 1. The average molecular weight is 297 g/mol. The zero-order valence-electron chi connectivity index (χ0n) is 12.3. The Bertz CT molecular complexity index is 683. The van der Waals surface area contributed by atoms with Crippen LogP contribution in [0.3, 0.4) is 0 Å². The van der Waals surface area contributed by atoms with Crippen molar-refractivity contribution in [2.75, 3.05) is 0 Å². The Kier molecular flexibility index (Phi) is 4.18. The van der Waals surface area contributed by atoms with Gasteiger partial charge in [-0.3, -0.25) is 5.32 Å². The van der Waals surface area contributed by atoms with Crippen molar-refractivity contribution in [1.29, 1.82) is 0 Å². The lowest BCUT2D eigenvalue weighted by Gasteiger charge is -2.17. The van der Waals surface area contributed by atoms with Crippen LogP contribution in [0, 0.1) is 6.92 Å². The van der Waals surface area contributed by atoms with Crippen LogP contribution in [-0.2, 0) is 13.6 Å². The molecule has 0 bridgehead atoms. The molecule has 3 aromatic rings. The molecule has 1 N–H and O–H groups in total. The second-order valence-corrected chi connectivity index (χ2v) is 6.19. The molecule has 0 saturated carbocycles. The molecule has 1 aromatic carbocycles. The highest BCUT2D eigenvalue weighted by Crippen LogP contribution is 2.25. The van der Waals surface area contributed by atoms with E-state index in [1.165, 1.54) is 16.0 Å². The van der Waals surface area contributed by atoms with Crippen LogP contribution in [0.2, 0.25) is 0 Å². The zero-order valence-corrected chi connectivity index (χ0v) is 13.1. The van der Waals surface area contributed by atoms with Gasteiger partial charge in [-0.25, -0.2) is 4.98 Å². The SMILES string of the molecule is Cc1ccc(CNC(c2cccs2)c2nccn2C)cc1. The van der Waals surface area contributed by atoms with Gasteiger partial charge >= 0.3 is 0 Å². The summed E-state index contributed by atoms with van der Waals surface area (Å²) in [7, 11) is 2.04. The number of aryl methyl sites for hydroxylation is 2. The van der Waals surface area contributed by atoms with Gasteiger partial charge in [-0.2, -0.15) is 0 Å². The first-order chi connectivity index (χ1) is 10.2. The lowest BCUT2D eigenvalue weighted by atomic mass is 10.1. The molecule has 1 unspecified atom stereocenters. The molecule has 2 heterocycles. The Balaban J connectivity index is 1.80. The van der Waals surface area contributed by atoms with E-state index in [1.807, 2.05) is 19.4 Å². The van der Waals surface area contributed by atoms with Gasteiger partial charge in [-0.05, 0) is 23.9 Å². The van der Waals surface area contributed by atoms with E-state index in [4.69, 9.17) is 0 Å². The molecule has 0 aliphatic carbocycles. The normalized spacial score (nSPS) is 12.5. The van der Waals surface area contributed by atoms with Crippen molar-refractivity contribution in [2.24, 2.45) is 7.05 Å². The second-order valence-electron chi connectivity index (χ2n) is 5.21. The Morgan fingerprint density at radius 3 is 2.67 bits per heavy atom. The smallest absolute Gasteiger partial charge is 0.131 e. The molecular weight excluding hydrogens is 278 g/mol. The van der Waals surface area contributed by atoms with Gasteiger partial charge in [0.1, 0.15) is 11.9 Å². The molecule has 3 rings (SSSR count). The third-order valence-corrected chi connectivity index (χ3v) is 4.51. The first kappa shape index (κ1) is 14.0. The number of imidazole rings is 1. The van der Waals surface area contributed by atoms with E-state index in [0.717, 1.165) is 12.4 Å². The average Bonchev–Trinajstić information content (AvgIpc) is 3.14. The summed E-state index contributed by atoms with van der Waals surface area (Å²) in [5, 5.41) is 5.74. The lowest BCUT2D eigenvalue weighted by molar-refractivity contribution is 0.565. The Morgan fingerprint density at radius 2 is 2.05 bits per heavy atom. The van der Waals surface area contributed by atoms with Gasteiger partial charge in [-0.15, -0.1) is 11.3 Å². The molecular formula is C17H19N3S. The number of aromatic nitrogens is 2. The number of nitrogens with one attached hydrogen (secondary N) is 1. The number of hydrogen-bond acceptors (Lipinski definition) is 3. The van der Waals surface area contributed by atoms with E-state index < -0.39 is 0 Å². The highest BCUT2D eigenvalue weighted by atomic mass is 32.1. The molecule has 21 heavy (non-hydrogen) atoms. The van der Waals surface area contributed by atoms with E-state index in [9.17, 15) is 0 Å². The minimum absolute atomic E-state index is 0.131. The monoisotopic (exact) mass is 297 g/mol. The maximum absolute atomic E-state index is 4.51. The summed E-state index contributed by atoms with van der Waals surface area (Å²) >= 11 is 1.76. The largest absolute Gasteiger partial charge is 0.336 e. The standard InChI is InChI=1S/C17H19N3S/c1-13-5-7-14(8-6-13)12-19-16(15-4-3-11-21-15)17-18-9-10-20(17)2/h3-11,16,19H,12H2,1-2H3. The second kappa shape index (κ2) is 6.24. The van der Waals surface area contributed by atoms with Crippen molar-refractivity contribution in [2.45, 2.75) is 19.5 Å². The molecule has 1 atom stereocenters. The summed E-state index contributed by atoms with van der Waals surface area (Å²) in [4.78, 5) is 5.79. The molecule has 0 saturated heterocycles. The highest BCUT2D eigenvalue weighted by Gasteiger charge is 2.18. The van der Waals surface area contributed by atoms with Crippen molar-refractivity contribution >= 4 is 11.3 Å². The van der Waals surface area contributed by atoms with Gasteiger partial charge in [0.15, 0.2) is 0 Å². The summed E-state index contributed by atoms with van der Waals surface area (Å²) in [6.07, 6.45) is 3.84. The molecule has 108 valence electrons. The van der Waals surface area contributed by atoms with Crippen LogP contribution in [0.25, 0.3) is 0 Å². The van der Waals surface area contributed by atoms with Crippen molar-refractivity contribution < 1.29 is 0 Å². The Labute approximate surface area is 129 Å². The van der Waals surface area contributed by atoms with Crippen molar-refractivity contribution in [3.8, 4) is 0 Å². The minimum atomic E-state index is 0.131. The molecule has 0 spiro atoms. The minimum Gasteiger partial charge on any atom is -0.336 e. The van der Waals surface area contributed by atoms with Crippen LogP contribution in [0.1, 0.15) is 27.9 Å². The van der Waals surface area contributed by atoms with Gasteiger partial charge < -0.3 is 4.57 Å². The van der Waals surface area contributed by atoms with Crippen LogP contribution in [0.4, 0.5) is 0 Å². The fourth-order valence-electron chi connectivity index (χ4n) is 2.36. The molecule has 0 amide bonds. The third-order valence-electron chi connectivity index (χ3n) is 3.58. The van der Waals surface area contributed by atoms with E-state index in [-0.39, 0.29) is 6.04 Å². The van der Waals surface area contributed by atoms with Crippen LogP contribution in [0.15, 0.2) is 54.2 Å². The quantitative estimate of drug-likeness (QED) is 0.778. The van der Waals surface area contributed by atoms with Gasteiger partial charge in [0, 0.05) is 30.9 Å². The molecule has 3 nitrogen and oxygen atoms in total. The van der Waals surface area contributed by atoms with Crippen LogP contribution >= 0.6 is 11.3 Å². The van der Waals surface area contributed by atoms with E-state index in [0.29, 0.717) is 0 Å². The molecule has 4 heteroatoms. The number of hydrogen-bond donors (Lipinski definition) is 1. The van der Waals surface area contributed by atoms with Gasteiger partial charge in [0.05, 0.1) is 0 Å². The highest BCUT2D eigenvalue weighted by molar-refractivity contribution is 7.10. The van der Waals surface area contributed by atoms with Crippen molar-refractivity contribution in [1.82, 2.24) is 14.9 Å². The first-order valence-electron chi connectivity index (χ1n) is 7.03. The topological polar surface area (TPSA) is 29.9 Å². The van der Waals surface area contributed by atoms with Crippen LogP contribution in [-0.4, -0.2) is 9.55 Å². The summed E-state index contributed by atoms with van der Waals surface area (Å²) in [5.74, 6) is 1.05. The summed E-state index contributed by atoms with van der Waals surface area (Å²) in [5.41, 5.74) is 2.58. The predicted octanol–water partition coefficient (Wildman–Crippen LogP) is 3.67. The third kappa shape index (κ3) is 3.23. The van der Waals surface area contributed by atoms with E-state index >= 15 is 0 Å². The maximum atomic E-state index is 4.51. The Morgan fingerprint density at radius 1 is 1.24 bits per heavy atom. The van der Waals surface area contributed by atoms with E-state index in [2.05, 4.69) is 63.6 Å². The first-order valence-corrected chi connectivity index (χ1v) is 7.91. The lowest BCUT2D eigenvalue weighted by Crippen LogP contribution is -2.24. The molecule has 0 aliphatic heterocycles. The van der Waals surface area contributed by atoms with Gasteiger partial charge in [-0.1, -0.05) is 35.9 Å². The van der Waals surface area contributed by atoms with Gasteiger partial charge in [0.25, 0.3) is 0 Å². The Hall–Kier alpha value is -1.91.